The van der Waals surface area contributed by atoms with Gasteiger partial charge in [0, 0.05) is 30.9 Å². The highest BCUT2D eigenvalue weighted by Gasteiger charge is 2.35. The summed E-state index contributed by atoms with van der Waals surface area (Å²) in [7, 11) is 0. The molecule has 0 amide bonds. The molecule has 1 N–H and O–H groups in total. The fourth-order valence-corrected chi connectivity index (χ4v) is 2.43. The largest absolute Gasteiger partial charge is 0.419 e. The van der Waals surface area contributed by atoms with Crippen molar-refractivity contribution >= 4 is 5.69 Å². The van der Waals surface area contributed by atoms with E-state index in [4.69, 9.17) is 0 Å². The van der Waals surface area contributed by atoms with Crippen LogP contribution >= 0.6 is 0 Å². The van der Waals surface area contributed by atoms with Gasteiger partial charge in [-0.1, -0.05) is 6.92 Å². The van der Waals surface area contributed by atoms with Crippen molar-refractivity contribution in [3.63, 3.8) is 0 Å². The Morgan fingerprint density at radius 2 is 2.05 bits per heavy atom. The molecule has 0 bridgehead atoms. The fraction of sp³-hybridized carbons (Fsp3) is 0.571. The first-order chi connectivity index (χ1) is 9.25. The number of hydrogen-bond acceptors (Lipinski definition) is 2. The number of anilines is 1. The summed E-state index contributed by atoms with van der Waals surface area (Å²) in [6.45, 7) is 5.98. The van der Waals surface area contributed by atoms with Crippen LogP contribution in [-0.4, -0.2) is 25.2 Å². The summed E-state index contributed by atoms with van der Waals surface area (Å²) in [5.74, 6) is -1.23. The highest BCUT2D eigenvalue weighted by atomic mass is 19.4. The van der Waals surface area contributed by atoms with Crippen LogP contribution in [0.4, 0.5) is 23.2 Å². The van der Waals surface area contributed by atoms with E-state index in [-0.39, 0.29) is 5.54 Å². The van der Waals surface area contributed by atoms with Crippen LogP contribution in [0.2, 0.25) is 0 Å². The summed E-state index contributed by atoms with van der Waals surface area (Å²) < 4.78 is 51.5. The molecule has 1 aromatic carbocycles. The second-order valence-corrected chi connectivity index (χ2v) is 5.42. The van der Waals surface area contributed by atoms with Gasteiger partial charge in [-0.3, -0.25) is 0 Å². The highest BCUT2D eigenvalue weighted by molar-refractivity contribution is 5.50. The van der Waals surface area contributed by atoms with Gasteiger partial charge in [0.25, 0.3) is 0 Å². The van der Waals surface area contributed by atoms with E-state index in [1.807, 2.05) is 18.7 Å². The molecule has 1 fully saturated rings. The quantitative estimate of drug-likeness (QED) is 0.840. The van der Waals surface area contributed by atoms with Gasteiger partial charge in [-0.15, -0.1) is 0 Å². The van der Waals surface area contributed by atoms with Crippen LogP contribution in [0.25, 0.3) is 0 Å². The van der Waals surface area contributed by atoms with E-state index >= 15 is 0 Å². The molecule has 0 aliphatic carbocycles. The lowest BCUT2D eigenvalue weighted by atomic mass is 9.95. The lowest BCUT2D eigenvalue weighted by Gasteiger charge is -2.42. The van der Waals surface area contributed by atoms with Gasteiger partial charge in [-0.2, -0.15) is 13.2 Å². The van der Waals surface area contributed by atoms with Crippen molar-refractivity contribution in [1.29, 1.82) is 0 Å². The van der Waals surface area contributed by atoms with Crippen molar-refractivity contribution in [3.05, 3.63) is 29.6 Å². The third-order valence-corrected chi connectivity index (χ3v) is 3.87. The molecule has 1 heterocycles. The van der Waals surface area contributed by atoms with Crippen molar-refractivity contribution in [2.75, 3.05) is 24.5 Å². The van der Waals surface area contributed by atoms with Gasteiger partial charge < -0.3 is 10.2 Å². The Morgan fingerprint density at radius 1 is 1.35 bits per heavy atom. The van der Waals surface area contributed by atoms with Crippen LogP contribution < -0.4 is 10.2 Å². The number of piperazine rings is 1. The summed E-state index contributed by atoms with van der Waals surface area (Å²) in [6.07, 6.45) is -3.79. The van der Waals surface area contributed by atoms with Gasteiger partial charge in [0.05, 0.1) is 5.56 Å². The molecule has 0 radical (unpaired) electrons. The van der Waals surface area contributed by atoms with E-state index in [0.29, 0.717) is 25.3 Å². The molecule has 0 aromatic heterocycles. The third-order valence-electron chi connectivity index (χ3n) is 3.87. The molecule has 20 heavy (non-hydrogen) atoms. The first-order valence-electron chi connectivity index (χ1n) is 6.62. The predicted molar refractivity (Wildman–Crippen MR) is 70.3 cm³/mol. The van der Waals surface area contributed by atoms with Gasteiger partial charge in [-0.05, 0) is 31.5 Å². The monoisotopic (exact) mass is 290 g/mol. The zero-order valence-electron chi connectivity index (χ0n) is 11.5. The molecule has 6 heteroatoms. The van der Waals surface area contributed by atoms with E-state index in [0.717, 1.165) is 18.6 Å². The number of alkyl halides is 3. The Balaban J connectivity index is 2.29. The maximum atomic E-state index is 13.3. The second kappa shape index (κ2) is 5.24. The first-order valence-corrected chi connectivity index (χ1v) is 6.62. The van der Waals surface area contributed by atoms with Crippen LogP contribution in [0.5, 0.6) is 0 Å². The predicted octanol–water partition coefficient (Wildman–Crippen LogP) is 3.42. The van der Waals surface area contributed by atoms with E-state index in [9.17, 15) is 17.6 Å². The molecule has 0 spiro atoms. The van der Waals surface area contributed by atoms with Crippen molar-refractivity contribution in [3.8, 4) is 0 Å². The van der Waals surface area contributed by atoms with Crippen LogP contribution in [-0.2, 0) is 6.18 Å². The standard InChI is InChI=1S/C14H18F4N2/c1-3-13(2)9-20(7-6-19-13)10-4-5-12(15)11(8-10)14(16,17)18/h4-5,8,19H,3,6-7,9H2,1-2H3. The van der Waals surface area contributed by atoms with Gasteiger partial charge in [0.15, 0.2) is 0 Å². The van der Waals surface area contributed by atoms with Crippen molar-refractivity contribution in [2.45, 2.75) is 32.0 Å². The molecule has 1 saturated heterocycles. The zero-order valence-corrected chi connectivity index (χ0v) is 11.5. The number of halogens is 4. The Labute approximate surface area is 115 Å². The van der Waals surface area contributed by atoms with Crippen LogP contribution in [0, 0.1) is 5.82 Å². The second-order valence-electron chi connectivity index (χ2n) is 5.42. The summed E-state index contributed by atoms with van der Waals surface area (Å²) in [4.78, 5) is 1.87. The average Bonchev–Trinajstić information content (AvgIpc) is 2.38. The summed E-state index contributed by atoms with van der Waals surface area (Å²) in [5.41, 5.74) is -0.919. The molecule has 2 rings (SSSR count). The molecule has 2 nitrogen and oxygen atoms in total. The summed E-state index contributed by atoms with van der Waals surface area (Å²) in [5, 5.41) is 3.36. The number of nitrogens with zero attached hydrogens (tertiary/aromatic N) is 1. The number of rotatable bonds is 2. The lowest BCUT2D eigenvalue weighted by molar-refractivity contribution is -0.139. The third kappa shape index (κ3) is 3.06. The molecule has 1 aromatic rings. The molecule has 1 aliphatic heterocycles. The summed E-state index contributed by atoms with van der Waals surface area (Å²) >= 11 is 0. The molecule has 1 unspecified atom stereocenters. The molecule has 112 valence electrons. The van der Waals surface area contributed by atoms with Gasteiger partial charge >= 0.3 is 6.18 Å². The normalized spacial score (nSPS) is 24.0. The fourth-order valence-electron chi connectivity index (χ4n) is 2.43. The maximum Gasteiger partial charge on any atom is 0.419 e. The van der Waals surface area contributed by atoms with Crippen molar-refractivity contribution < 1.29 is 17.6 Å². The maximum absolute atomic E-state index is 13.3. The van der Waals surface area contributed by atoms with Gasteiger partial charge in [0.2, 0.25) is 0 Å². The van der Waals surface area contributed by atoms with Gasteiger partial charge in [-0.25, -0.2) is 4.39 Å². The molecule has 0 saturated carbocycles. The van der Waals surface area contributed by atoms with Crippen LogP contribution in [0.15, 0.2) is 18.2 Å². The number of nitrogens with one attached hydrogen (secondary N) is 1. The zero-order chi connectivity index (χ0) is 15.0. The topological polar surface area (TPSA) is 15.3 Å². The van der Waals surface area contributed by atoms with Gasteiger partial charge in [0.1, 0.15) is 5.82 Å². The smallest absolute Gasteiger partial charge is 0.368 e. The highest BCUT2D eigenvalue weighted by Crippen LogP contribution is 2.34. The SMILES string of the molecule is CCC1(C)CN(c2ccc(F)c(C(F)(F)F)c2)CCN1. The van der Waals surface area contributed by atoms with Crippen LogP contribution in [0.1, 0.15) is 25.8 Å². The Hall–Kier alpha value is -1.30. The Kier molecular flexibility index (Phi) is 3.95. The molecular formula is C14H18F4N2. The summed E-state index contributed by atoms with van der Waals surface area (Å²) in [6, 6.07) is 3.20. The van der Waals surface area contributed by atoms with E-state index in [1.165, 1.54) is 6.07 Å². The minimum absolute atomic E-state index is 0.134. The minimum Gasteiger partial charge on any atom is -0.368 e. The van der Waals surface area contributed by atoms with E-state index in [2.05, 4.69) is 5.32 Å². The number of benzene rings is 1. The van der Waals surface area contributed by atoms with Crippen molar-refractivity contribution in [1.82, 2.24) is 5.32 Å². The van der Waals surface area contributed by atoms with E-state index < -0.39 is 17.6 Å². The number of hydrogen-bond donors (Lipinski definition) is 1. The minimum atomic E-state index is -4.66. The Bertz CT molecular complexity index is 487. The Morgan fingerprint density at radius 3 is 2.65 bits per heavy atom. The average molecular weight is 290 g/mol. The van der Waals surface area contributed by atoms with Crippen molar-refractivity contribution in [2.24, 2.45) is 0 Å². The molecule has 1 atom stereocenters. The van der Waals surface area contributed by atoms with E-state index in [1.54, 1.807) is 0 Å². The molecule has 1 aliphatic rings. The lowest BCUT2D eigenvalue weighted by Crippen LogP contribution is -2.58. The molecular weight excluding hydrogens is 272 g/mol. The van der Waals surface area contributed by atoms with Crippen LogP contribution in [0.3, 0.4) is 0 Å². The first kappa shape index (κ1) is 15.1.